The lowest BCUT2D eigenvalue weighted by molar-refractivity contribution is -0.383. The van der Waals surface area contributed by atoms with Crippen molar-refractivity contribution in [1.82, 2.24) is 0 Å². The van der Waals surface area contributed by atoms with E-state index in [1.165, 1.54) is 24.3 Å². The first-order valence-corrected chi connectivity index (χ1v) is 9.09. The third-order valence-corrected chi connectivity index (χ3v) is 5.34. The quantitative estimate of drug-likeness (QED) is 0.643. The molecular weight excluding hydrogens is 370 g/mol. The summed E-state index contributed by atoms with van der Waals surface area (Å²) in [6.07, 6.45) is 0. The van der Waals surface area contributed by atoms with Crippen LogP contribution in [-0.2, 0) is 10.0 Å². The van der Waals surface area contributed by atoms with E-state index in [4.69, 9.17) is 16.3 Å². The van der Waals surface area contributed by atoms with E-state index >= 15 is 0 Å². The number of nitro groups is 1. The fourth-order valence-electron chi connectivity index (χ4n) is 2.44. The van der Waals surface area contributed by atoms with Crippen LogP contribution in [0.3, 0.4) is 0 Å². The van der Waals surface area contributed by atoms with Crippen LogP contribution in [-0.4, -0.2) is 33.5 Å². The molecule has 0 bridgehead atoms. The van der Waals surface area contributed by atoms with E-state index in [0.717, 1.165) is 6.07 Å². The summed E-state index contributed by atoms with van der Waals surface area (Å²) in [5.41, 5.74) is 0.0611. The van der Waals surface area contributed by atoms with E-state index in [9.17, 15) is 18.5 Å². The Kier molecular flexibility index (Phi) is 4.44. The van der Waals surface area contributed by atoms with Crippen molar-refractivity contribution in [2.75, 3.05) is 29.8 Å². The molecule has 0 unspecified atom stereocenters. The molecule has 0 saturated heterocycles. The van der Waals surface area contributed by atoms with Gasteiger partial charge in [0.05, 0.1) is 22.1 Å². The van der Waals surface area contributed by atoms with Crippen molar-refractivity contribution in [3.05, 3.63) is 51.5 Å². The van der Waals surface area contributed by atoms with Crippen LogP contribution in [0.2, 0.25) is 5.02 Å². The molecule has 0 radical (unpaired) electrons. The van der Waals surface area contributed by atoms with E-state index in [1.54, 1.807) is 6.07 Å². The van der Waals surface area contributed by atoms with Gasteiger partial charge in [0, 0.05) is 18.1 Å². The van der Waals surface area contributed by atoms with Gasteiger partial charge in [0.1, 0.15) is 18.0 Å². The zero-order chi connectivity index (χ0) is 18.2. The molecule has 0 aromatic heterocycles. The van der Waals surface area contributed by atoms with Crippen molar-refractivity contribution in [2.24, 2.45) is 0 Å². The maximum Gasteiger partial charge on any atom is 0.294 e. The largest absolute Gasteiger partial charge is 0.490 e. The van der Waals surface area contributed by atoms with Gasteiger partial charge < -0.3 is 9.64 Å². The van der Waals surface area contributed by atoms with Crippen LogP contribution in [0.1, 0.15) is 0 Å². The number of hydrogen-bond acceptors (Lipinski definition) is 6. The molecule has 0 spiro atoms. The number of likely N-dealkylation sites (N-methyl/N-ethyl adjacent to an activating group) is 1. The van der Waals surface area contributed by atoms with Crippen molar-refractivity contribution in [2.45, 2.75) is 4.90 Å². The molecule has 1 heterocycles. The predicted octanol–water partition coefficient (Wildman–Crippen LogP) is 2.88. The number of halogens is 1. The Morgan fingerprint density at radius 3 is 2.76 bits per heavy atom. The van der Waals surface area contributed by atoms with Crippen LogP contribution in [0.15, 0.2) is 41.3 Å². The summed E-state index contributed by atoms with van der Waals surface area (Å²) in [4.78, 5) is 12.3. The standard InChI is InChI=1S/C15H14ClN3O5S/c1-18-6-7-24-15-5-3-11(9-14(15)18)25(22,23)17-12-4-2-10(16)8-13(12)19(20)21/h2-5,8-9,17H,6-7H2,1H3. The third kappa shape index (κ3) is 3.47. The summed E-state index contributed by atoms with van der Waals surface area (Å²) >= 11 is 5.74. The maximum absolute atomic E-state index is 12.6. The monoisotopic (exact) mass is 383 g/mol. The highest BCUT2D eigenvalue weighted by atomic mass is 35.5. The van der Waals surface area contributed by atoms with Crippen LogP contribution < -0.4 is 14.4 Å². The second-order valence-electron chi connectivity index (χ2n) is 5.42. The van der Waals surface area contributed by atoms with E-state index in [1.807, 2.05) is 11.9 Å². The minimum Gasteiger partial charge on any atom is -0.490 e. The minimum absolute atomic E-state index is 0.0205. The Morgan fingerprint density at radius 2 is 2.04 bits per heavy atom. The van der Waals surface area contributed by atoms with Crippen LogP contribution in [0.5, 0.6) is 5.75 Å². The number of rotatable bonds is 4. The van der Waals surface area contributed by atoms with Crippen molar-refractivity contribution in [1.29, 1.82) is 0 Å². The van der Waals surface area contributed by atoms with Gasteiger partial charge in [-0.1, -0.05) is 11.6 Å². The first-order chi connectivity index (χ1) is 11.8. The molecule has 10 heteroatoms. The van der Waals surface area contributed by atoms with Crippen molar-refractivity contribution < 1.29 is 18.1 Å². The number of nitrogens with zero attached hydrogens (tertiary/aromatic N) is 2. The van der Waals surface area contributed by atoms with E-state index < -0.39 is 20.6 Å². The van der Waals surface area contributed by atoms with E-state index in [2.05, 4.69) is 4.72 Å². The Hall–Kier alpha value is -2.52. The van der Waals surface area contributed by atoms with Crippen LogP contribution in [0.25, 0.3) is 0 Å². The number of fused-ring (bicyclic) bond motifs is 1. The van der Waals surface area contributed by atoms with Gasteiger partial charge in [-0.25, -0.2) is 8.42 Å². The fourth-order valence-corrected chi connectivity index (χ4v) is 3.70. The predicted molar refractivity (Wildman–Crippen MR) is 94.1 cm³/mol. The van der Waals surface area contributed by atoms with Gasteiger partial charge in [-0.15, -0.1) is 0 Å². The van der Waals surface area contributed by atoms with Gasteiger partial charge in [-0.05, 0) is 30.3 Å². The van der Waals surface area contributed by atoms with Crippen molar-refractivity contribution >= 4 is 38.7 Å². The number of nitrogens with one attached hydrogen (secondary N) is 1. The molecule has 132 valence electrons. The smallest absolute Gasteiger partial charge is 0.294 e. The van der Waals surface area contributed by atoms with Crippen LogP contribution in [0, 0.1) is 10.1 Å². The molecular formula is C15H14ClN3O5S. The van der Waals surface area contributed by atoms with Gasteiger partial charge in [-0.3, -0.25) is 14.8 Å². The van der Waals surface area contributed by atoms with Gasteiger partial charge in [-0.2, -0.15) is 0 Å². The highest BCUT2D eigenvalue weighted by Crippen LogP contribution is 2.34. The number of ether oxygens (including phenoxy) is 1. The van der Waals surface area contributed by atoms with Gasteiger partial charge in [0.2, 0.25) is 0 Å². The molecule has 1 N–H and O–H groups in total. The SMILES string of the molecule is CN1CCOc2ccc(S(=O)(=O)Nc3ccc(Cl)cc3[N+](=O)[O-])cc21. The van der Waals surface area contributed by atoms with Crippen molar-refractivity contribution in [3.8, 4) is 5.75 Å². The first kappa shape index (κ1) is 17.3. The maximum atomic E-state index is 12.6. The van der Waals surface area contributed by atoms with Gasteiger partial charge in [0.25, 0.3) is 15.7 Å². The molecule has 0 atom stereocenters. The molecule has 2 aromatic rings. The minimum atomic E-state index is -4.02. The highest BCUT2D eigenvalue weighted by Gasteiger charge is 2.24. The topological polar surface area (TPSA) is 102 Å². The lowest BCUT2D eigenvalue weighted by Gasteiger charge is -2.28. The molecule has 3 rings (SSSR count). The second-order valence-corrected chi connectivity index (χ2v) is 7.54. The molecule has 0 fully saturated rings. The Balaban J connectivity index is 1.98. The van der Waals surface area contributed by atoms with Gasteiger partial charge >= 0.3 is 0 Å². The fraction of sp³-hybridized carbons (Fsp3) is 0.200. The summed E-state index contributed by atoms with van der Waals surface area (Å²) in [5.74, 6) is 0.588. The summed E-state index contributed by atoms with van der Waals surface area (Å²) in [6.45, 7) is 1.15. The van der Waals surface area contributed by atoms with Crippen LogP contribution in [0.4, 0.5) is 17.1 Å². The molecule has 0 aliphatic carbocycles. The zero-order valence-corrected chi connectivity index (χ0v) is 14.7. The zero-order valence-electron chi connectivity index (χ0n) is 13.1. The third-order valence-electron chi connectivity index (χ3n) is 3.74. The molecule has 0 amide bonds. The van der Waals surface area contributed by atoms with E-state index in [-0.39, 0.29) is 15.6 Å². The molecule has 2 aromatic carbocycles. The molecule has 8 nitrogen and oxygen atoms in total. The Labute approximate surface area is 149 Å². The van der Waals surface area contributed by atoms with Crippen molar-refractivity contribution in [3.63, 3.8) is 0 Å². The summed E-state index contributed by atoms with van der Waals surface area (Å²) in [5, 5.41) is 11.3. The summed E-state index contributed by atoms with van der Waals surface area (Å²) in [6, 6.07) is 8.15. The molecule has 0 saturated carbocycles. The first-order valence-electron chi connectivity index (χ1n) is 7.23. The average Bonchev–Trinajstić information content (AvgIpc) is 2.56. The summed E-state index contributed by atoms with van der Waals surface area (Å²) in [7, 11) is -2.19. The number of hydrogen-bond donors (Lipinski definition) is 1. The number of nitro benzene ring substituents is 1. The molecule has 1 aliphatic rings. The van der Waals surface area contributed by atoms with E-state index in [0.29, 0.717) is 24.6 Å². The second kappa shape index (κ2) is 6.41. The Morgan fingerprint density at radius 1 is 1.28 bits per heavy atom. The van der Waals surface area contributed by atoms with Gasteiger partial charge in [0.15, 0.2) is 0 Å². The number of benzene rings is 2. The molecule has 1 aliphatic heterocycles. The lowest BCUT2D eigenvalue weighted by atomic mass is 10.2. The summed E-state index contributed by atoms with van der Waals surface area (Å²) < 4.78 is 33.0. The lowest BCUT2D eigenvalue weighted by Crippen LogP contribution is -2.29. The highest BCUT2D eigenvalue weighted by molar-refractivity contribution is 7.92. The number of sulfonamides is 1. The average molecular weight is 384 g/mol. The molecule has 25 heavy (non-hydrogen) atoms. The Bertz CT molecular complexity index is 948. The normalized spacial score (nSPS) is 13.8. The van der Waals surface area contributed by atoms with Crippen LogP contribution >= 0.6 is 11.6 Å². The number of anilines is 2.